The first-order chi connectivity index (χ1) is 8.08. The van der Waals surface area contributed by atoms with Crippen LogP contribution in [0.1, 0.15) is 17.9 Å². The Kier molecular flexibility index (Phi) is 3.28. The number of benzene rings is 1. The molecule has 5 heteroatoms. The highest BCUT2D eigenvalue weighted by Crippen LogP contribution is 2.28. The smallest absolute Gasteiger partial charge is 0.137 e. The molecular weight excluding hydrogens is 225 g/mol. The Hall–Kier alpha value is -1.62. The molecule has 0 radical (unpaired) electrons. The van der Waals surface area contributed by atoms with Crippen LogP contribution in [-0.4, -0.2) is 35.3 Å². The molecule has 4 nitrogen and oxygen atoms in total. The Bertz CT molecular complexity index is 407. The molecule has 0 bridgehead atoms. The van der Waals surface area contributed by atoms with Gasteiger partial charge in [-0.05, 0) is 24.1 Å². The van der Waals surface area contributed by atoms with Gasteiger partial charge in [-0.15, -0.1) is 0 Å². The van der Waals surface area contributed by atoms with E-state index >= 15 is 0 Å². The first-order valence-electron chi connectivity index (χ1n) is 5.47. The molecule has 1 aromatic rings. The fourth-order valence-corrected chi connectivity index (χ4v) is 2.20. The van der Waals surface area contributed by atoms with Gasteiger partial charge in [0.1, 0.15) is 11.9 Å². The number of carbonyl (C=O) groups excluding carboxylic acids is 1. The molecule has 2 atom stereocenters. The van der Waals surface area contributed by atoms with E-state index in [2.05, 4.69) is 0 Å². The number of aliphatic hydroxyl groups excluding tert-OH is 1. The number of rotatable bonds is 1. The molecule has 1 aliphatic heterocycles. The molecule has 1 heterocycles. The van der Waals surface area contributed by atoms with Crippen LogP contribution >= 0.6 is 0 Å². The highest BCUT2D eigenvalue weighted by Gasteiger charge is 2.28. The molecule has 2 unspecified atom stereocenters. The van der Waals surface area contributed by atoms with Crippen LogP contribution < -0.4 is 5.11 Å². The van der Waals surface area contributed by atoms with Gasteiger partial charge in [0.25, 0.3) is 0 Å². The molecule has 1 fully saturated rings. The van der Waals surface area contributed by atoms with Crippen molar-refractivity contribution in [2.45, 2.75) is 18.4 Å². The second-order valence-corrected chi connectivity index (χ2v) is 4.23. The predicted octanol–water partition coefficient (Wildman–Crippen LogP) is 0.319. The summed E-state index contributed by atoms with van der Waals surface area (Å²) in [7, 11) is 0. The van der Waals surface area contributed by atoms with Crippen LogP contribution in [0.2, 0.25) is 0 Å². The number of piperidine rings is 1. The second-order valence-electron chi connectivity index (χ2n) is 4.23. The van der Waals surface area contributed by atoms with Crippen molar-refractivity contribution in [1.82, 2.24) is 4.90 Å². The van der Waals surface area contributed by atoms with Gasteiger partial charge in [0, 0.05) is 19.0 Å². The molecule has 17 heavy (non-hydrogen) atoms. The van der Waals surface area contributed by atoms with Gasteiger partial charge in [-0.2, -0.15) is 0 Å². The molecule has 0 aromatic heterocycles. The Morgan fingerprint density at radius 3 is 2.59 bits per heavy atom. The molecule has 2 rings (SSSR count). The molecular formula is C12H13FNO3-. The first kappa shape index (κ1) is 11.9. The Morgan fingerprint density at radius 1 is 1.41 bits per heavy atom. The minimum Gasteiger partial charge on any atom is -0.530 e. The van der Waals surface area contributed by atoms with Crippen molar-refractivity contribution in [1.29, 1.82) is 0 Å². The van der Waals surface area contributed by atoms with Gasteiger partial charge < -0.3 is 19.9 Å². The minimum atomic E-state index is -1.26. The minimum absolute atomic E-state index is 0.0460. The molecule has 1 amide bonds. The summed E-state index contributed by atoms with van der Waals surface area (Å²) < 4.78 is 12.8. The van der Waals surface area contributed by atoms with E-state index in [-0.39, 0.29) is 18.3 Å². The highest BCUT2D eigenvalue weighted by atomic mass is 19.1. The number of β-amino-alcohol motifs (C(OH)–C–C–N with tert-alkyl or cyclic N) is 1. The van der Waals surface area contributed by atoms with E-state index in [0.717, 1.165) is 10.5 Å². The quantitative estimate of drug-likeness (QED) is 0.766. The van der Waals surface area contributed by atoms with Crippen molar-refractivity contribution >= 4 is 6.09 Å². The third-order valence-corrected chi connectivity index (χ3v) is 3.14. The van der Waals surface area contributed by atoms with Gasteiger partial charge >= 0.3 is 0 Å². The van der Waals surface area contributed by atoms with Crippen molar-refractivity contribution in [3.05, 3.63) is 35.6 Å². The zero-order valence-corrected chi connectivity index (χ0v) is 9.17. The lowest BCUT2D eigenvalue weighted by molar-refractivity contribution is -0.268. The summed E-state index contributed by atoms with van der Waals surface area (Å²) in [5.41, 5.74) is 0.830. The van der Waals surface area contributed by atoms with Crippen LogP contribution in [0.25, 0.3) is 0 Å². The van der Waals surface area contributed by atoms with Crippen molar-refractivity contribution in [2.24, 2.45) is 0 Å². The van der Waals surface area contributed by atoms with Crippen LogP contribution in [0.5, 0.6) is 0 Å². The lowest BCUT2D eigenvalue weighted by atomic mass is 9.87. The maximum atomic E-state index is 12.8. The molecule has 0 aliphatic carbocycles. The number of likely N-dealkylation sites (tertiary alicyclic amines) is 1. The summed E-state index contributed by atoms with van der Waals surface area (Å²) in [6, 6.07) is 5.93. The normalized spacial score (nSPS) is 24.7. The molecule has 1 N–H and O–H groups in total. The molecule has 1 aliphatic rings. The number of amides is 1. The van der Waals surface area contributed by atoms with Gasteiger partial charge in [0.15, 0.2) is 0 Å². The molecule has 92 valence electrons. The molecule has 0 saturated carbocycles. The van der Waals surface area contributed by atoms with Crippen LogP contribution in [0.3, 0.4) is 0 Å². The molecule has 1 aromatic carbocycles. The van der Waals surface area contributed by atoms with Crippen molar-refractivity contribution in [3.63, 3.8) is 0 Å². The Labute approximate surface area is 98.3 Å². The average Bonchev–Trinajstić information content (AvgIpc) is 2.30. The second kappa shape index (κ2) is 4.71. The maximum absolute atomic E-state index is 12.8. The standard InChI is InChI=1S/C12H14FNO3/c13-9-3-1-8(2-4-9)10-5-6-14(12(16)17)7-11(10)15/h1-4,10-11,15H,5-7H2,(H,16,17)/p-1. The number of nitrogens with zero attached hydrogens (tertiary/aromatic N) is 1. The monoisotopic (exact) mass is 238 g/mol. The fourth-order valence-electron chi connectivity index (χ4n) is 2.20. The van der Waals surface area contributed by atoms with E-state index in [1.54, 1.807) is 12.1 Å². The zero-order valence-electron chi connectivity index (χ0n) is 9.17. The Balaban J connectivity index is 2.09. The molecule has 0 spiro atoms. The van der Waals surface area contributed by atoms with E-state index in [1.807, 2.05) is 0 Å². The van der Waals surface area contributed by atoms with E-state index in [4.69, 9.17) is 0 Å². The number of carboxylic acid groups (broad SMARTS) is 1. The van der Waals surface area contributed by atoms with E-state index in [0.29, 0.717) is 13.0 Å². The SMILES string of the molecule is O=C([O-])N1CCC(c2ccc(F)cc2)C(O)C1. The van der Waals surface area contributed by atoms with Crippen LogP contribution in [0.4, 0.5) is 9.18 Å². The largest absolute Gasteiger partial charge is 0.530 e. The number of halogens is 1. The van der Waals surface area contributed by atoms with Gasteiger partial charge in [-0.3, -0.25) is 0 Å². The van der Waals surface area contributed by atoms with Crippen LogP contribution in [0.15, 0.2) is 24.3 Å². The number of hydrogen-bond donors (Lipinski definition) is 1. The third kappa shape index (κ3) is 2.55. The average molecular weight is 238 g/mol. The first-order valence-corrected chi connectivity index (χ1v) is 5.47. The van der Waals surface area contributed by atoms with Gasteiger partial charge in [-0.25, -0.2) is 4.39 Å². The number of hydrogen-bond acceptors (Lipinski definition) is 3. The van der Waals surface area contributed by atoms with Crippen LogP contribution in [0, 0.1) is 5.82 Å². The van der Waals surface area contributed by atoms with E-state index in [1.165, 1.54) is 12.1 Å². The van der Waals surface area contributed by atoms with Gasteiger partial charge in [0.05, 0.1) is 6.10 Å². The lowest BCUT2D eigenvalue weighted by Crippen LogP contribution is -2.50. The van der Waals surface area contributed by atoms with Gasteiger partial charge in [0.2, 0.25) is 0 Å². The topological polar surface area (TPSA) is 63.6 Å². The van der Waals surface area contributed by atoms with Crippen molar-refractivity contribution in [3.8, 4) is 0 Å². The summed E-state index contributed by atoms with van der Waals surface area (Å²) >= 11 is 0. The highest BCUT2D eigenvalue weighted by molar-refractivity contribution is 5.62. The summed E-state index contributed by atoms with van der Waals surface area (Å²) in [6.45, 7) is 0.381. The van der Waals surface area contributed by atoms with Crippen LogP contribution in [-0.2, 0) is 0 Å². The summed E-state index contributed by atoms with van der Waals surface area (Å²) in [5.74, 6) is -0.471. The summed E-state index contributed by atoms with van der Waals surface area (Å²) in [6.07, 6.45) is -1.52. The van der Waals surface area contributed by atoms with Crippen molar-refractivity contribution < 1.29 is 19.4 Å². The fraction of sp³-hybridized carbons (Fsp3) is 0.417. The number of aliphatic hydroxyl groups is 1. The number of carbonyl (C=O) groups is 1. The zero-order chi connectivity index (χ0) is 12.4. The Morgan fingerprint density at radius 2 is 2.06 bits per heavy atom. The maximum Gasteiger partial charge on any atom is 0.137 e. The summed E-state index contributed by atoms with van der Waals surface area (Å²) in [5, 5.41) is 20.5. The predicted molar refractivity (Wildman–Crippen MR) is 56.7 cm³/mol. The van der Waals surface area contributed by atoms with Gasteiger partial charge in [-0.1, -0.05) is 12.1 Å². The molecule has 1 saturated heterocycles. The third-order valence-electron chi connectivity index (χ3n) is 3.14. The lowest BCUT2D eigenvalue weighted by Gasteiger charge is -2.37. The van der Waals surface area contributed by atoms with Crippen molar-refractivity contribution in [2.75, 3.05) is 13.1 Å². The van der Waals surface area contributed by atoms with E-state index in [9.17, 15) is 19.4 Å². The van der Waals surface area contributed by atoms with E-state index < -0.39 is 12.2 Å². The summed E-state index contributed by atoms with van der Waals surface area (Å²) in [4.78, 5) is 11.7.